The fourth-order valence-corrected chi connectivity index (χ4v) is 4.92. The highest BCUT2D eigenvalue weighted by Crippen LogP contribution is 2.38. The van der Waals surface area contributed by atoms with Crippen LogP contribution in [-0.4, -0.2) is 55.4 Å². The number of unbranched alkanes of at least 4 members (excludes halogenated alkanes) is 2. The van der Waals surface area contributed by atoms with Gasteiger partial charge in [-0.25, -0.2) is 0 Å². The maximum absolute atomic E-state index is 13.1. The zero-order chi connectivity index (χ0) is 23.5. The second-order valence-electron chi connectivity index (χ2n) is 9.37. The predicted octanol–water partition coefficient (Wildman–Crippen LogP) is 3.21. The number of nitrogens with zero attached hydrogens (tertiary/aromatic N) is 1. The lowest BCUT2D eigenvalue weighted by Gasteiger charge is -2.41. The molecule has 1 fully saturated rings. The fourth-order valence-electron chi connectivity index (χ4n) is 4.92. The molecular weight excluding hydrogens is 418 g/mol. The van der Waals surface area contributed by atoms with Gasteiger partial charge < -0.3 is 20.3 Å². The second kappa shape index (κ2) is 12.6. The summed E-state index contributed by atoms with van der Waals surface area (Å²) in [6.07, 6.45) is 8.49. The number of nitrogens with one attached hydrogen (secondary N) is 2. The van der Waals surface area contributed by atoms with Crippen LogP contribution in [-0.2, 0) is 20.8 Å². The van der Waals surface area contributed by atoms with E-state index in [4.69, 9.17) is 4.74 Å². The number of carbonyl (C=O) groups is 3. The number of fused-ring (bicyclic) bond motifs is 1. The van der Waals surface area contributed by atoms with E-state index in [1.807, 2.05) is 23.1 Å². The first-order chi connectivity index (χ1) is 16.0. The topological polar surface area (TPSA) is 87.7 Å². The molecule has 0 radical (unpaired) electrons. The van der Waals surface area contributed by atoms with Crippen LogP contribution >= 0.6 is 0 Å². The number of carbonyl (C=O) groups excluding carboxylic acids is 3. The summed E-state index contributed by atoms with van der Waals surface area (Å²) >= 11 is 0. The lowest BCUT2D eigenvalue weighted by atomic mass is 9.73. The average Bonchev–Trinajstić information content (AvgIpc) is 2.81. The number of para-hydroxylation sites is 1. The Morgan fingerprint density at radius 2 is 1.88 bits per heavy atom. The molecule has 33 heavy (non-hydrogen) atoms. The molecule has 1 aromatic rings. The van der Waals surface area contributed by atoms with Gasteiger partial charge in [-0.3, -0.25) is 14.4 Å². The number of aryl methyl sites for hydroxylation is 1. The SMILES string of the molecule is CC(=O)NCCCCCC(=O)N1CCC2(CCCCc3ccccc3OCCNC2=O)CC1. The van der Waals surface area contributed by atoms with E-state index in [1.54, 1.807) is 0 Å². The van der Waals surface area contributed by atoms with Gasteiger partial charge in [-0.05, 0) is 56.6 Å². The molecule has 0 atom stereocenters. The quantitative estimate of drug-likeness (QED) is 0.642. The summed E-state index contributed by atoms with van der Waals surface area (Å²) in [5, 5.41) is 5.88. The molecule has 0 unspecified atom stereocenters. The first-order valence-electron chi connectivity index (χ1n) is 12.5. The van der Waals surface area contributed by atoms with E-state index in [-0.39, 0.29) is 23.1 Å². The molecule has 2 aliphatic heterocycles. The second-order valence-corrected chi connectivity index (χ2v) is 9.37. The molecular formula is C26H39N3O4. The summed E-state index contributed by atoms with van der Waals surface area (Å²) in [4.78, 5) is 38.6. The predicted molar refractivity (Wildman–Crippen MR) is 128 cm³/mol. The van der Waals surface area contributed by atoms with Crippen LogP contribution in [0.15, 0.2) is 24.3 Å². The zero-order valence-corrected chi connectivity index (χ0v) is 20.0. The number of likely N-dealkylation sites (tertiary alicyclic amines) is 1. The van der Waals surface area contributed by atoms with Gasteiger partial charge in [0.15, 0.2) is 0 Å². The zero-order valence-electron chi connectivity index (χ0n) is 20.0. The normalized spacial score (nSPS) is 18.8. The molecule has 7 heteroatoms. The van der Waals surface area contributed by atoms with Gasteiger partial charge in [-0.2, -0.15) is 0 Å². The minimum absolute atomic E-state index is 0.0126. The summed E-state index contributed by atoms with van der Waals surface area (Å²) in [5.74, 6) is 1.21. The van der Waals surface area contributed by atoms with Crippen LogP contribution in [0.3, 0.4) is 0 Å². The van der Waals surface area contributed by atoms with Gasteiger partial charge in [0.05, 0.1) is 12.0 Å². The van der Waals surface area contributed by atoms with E-state index in [0.29, 0.717) is 39.2 Å². The Morgan fingerprint density at radius 1 is 1.09 bits per heavy atom. The number of ether oxygens (including phenoxy) is 1. The third kappa shape index (κ3) is 7.47. The molecule has 2 heterocycles. The Labute approximate surface area is 197 Å². The van der Waals surface area contributed by atoms with Gasteiger partial charge >= 0.3 is 0 Å². The Hall–Kier alpha value is -2.57. The monoisotopic (exact) mass is 457 g/mol. The van der Waals surface area contributed by atoms with Crippen molar-refractivity contribution in [3.8, 4) is 5.75 Å². The lowest BCUT2D eigenvalue weighted by Crippen LogP contribution is -2.50. The van der Waals surface area contributed by atoms with Crippen molar-refractivity contribution >= 4 is 17.7 Å². The van der Waals surface area contributed by atoms with E-state index >= 15 is 0 Å². The van der Waals surface area contributed by atoms with Crippen molar-refractivity contribution in [2.75, 3.05) is 32.8 Å². The standard InChI is InChI=1S/C26H39N3O4/c1-21(30)27-16-8-2-3-12-24(31)29-18-14-26(15-19-29)13-7-6-10-22-9-4-5-11-23(22)33-20-17-28-25(26)32/h4-5,9,11H,2-3,6-8,10,12-20H2,1H3,(H,27,30)(H,28,32). The van der Waals surface area contributed by atoms with Gasteiger partial charge in [0.25, 0.3) is 0 Å². The number of hydrogen-bond donors (Lipinski definition) is 2. The van der Waals surface area contributed by atoms with Gasteiger partial charge in [0.2, 0.25) is 17.7 Å². The fraction of sp³-hybridized carbons (Fsp3) is 0.654. The molecule has 7 nitrogen and oxygen atoms in total. The summed E-state index contributed by atoms with van der Waals surface area (Å²) in [7, 11) is 0. The van der Waals surface area contributed by atoms with Crippen LogP contribution < -0.4 is 15.4 Å². The highest BCUT2D eigenvalue weighted by atomic mass is 16.5. The van der Waals surface area contributed by atoms with Crippen LogP contribution in [0.25, 0.3) is 0 Å². The number of benzene rings is 1. The molecule has 0 aliphatic carbocycles. The highest BCUT2D eigenvalue weighted by molar-refractivity contribution is 5.83. The van der Waals surface area contributed by atoms with E-state index in [2.05, 4.69) is 16.7 Å². The number of hydrogen-bond acceptors (Lipinski definition) is 4. The molecule has 2 N–H and O–H groups in total. The van der Waals surface area contributed by atoms with Crippen LogP contribution in [0, 0.1) is 5.41 Å². The molecule has 182 valence electrons. The third-order valence-electron chi connectivity index (χ3n) is 6.97. The van der Waals surface area contributed by atoms with Crippen molar-refractivity contribution in [3.63, 3.8) is 0 Å². The molecule has 1 saturated heterocycles. The first-order valence-corrected chi connectivity index (χ1v) is 12.5. The van der Waals surface area contributed by atoms with Gasteiger partial charge in [-0.1, -0.05) is 31.0 Å². The summed E-state index contributed by atoms with van der Waals surface area (Å²) in [6, 6.07) is 8.16. The Balaban J connectivity index is 1.47. The lowest BCUT2D eigenvalue weighted by molar-refractivity contribution is -0.141. The third-order valence-corrected chi connectivity index (χ3v) is 6.97. The van der Waals surface area contributed by atoms with Crippen molar-refractivity contribution in [1.82, 2.24) is 15.5 Å². The van der Waals surface area contributed by atoms with Crippen LogP contribution in [0.2, 0.25) is 0 Å². The van der Waals surface area contributed by atoms with Crippen molar-refractivity contribution in [2.24, 2.45) is 5.41 Å². The molecule has 2 aliphatic rings. The molecule has 3 rings (SSSR count). The Morgan fingerprint density at radius 3 is 2.67 bits per heavy atom. The highest BCUT2D eigenvalue weighted by Gasteiger charge is 2.41. The molecule has 1 spiro atoms. The van der Waals surface area contributed by atoms with E-state index < -0.39 is 0 Å². The summed E-state index contributed by atoms with van der Waals surface area (Å²) in [5.41, 5.74) is 0.851. The molecule has 0 aromatic heterocycles. The van der Waals surface area contributed by atoms with Crippen LogP contribution in [0.5, 0.6) is 5.75 Å². The minimum Gasteiger partial charge on any atom is -0.491 e. The number of rotatable bonds is 6. The van der Waals surface area contributed by atoms with E-state index in [0.717, 1.165) is 63.5 Å². The van der Waals surface area contributed by atoms with Crippen LogP contribution in [0.1, 0.15) is 70.3 Å². The van der Waals surface area contributed by atoms with Gasteiger partial charge in [-0.15, -0.1) is 0 Å². The van der Waals surface area contributed by atoms with E-state index in [1.165, 1.54) is 12.5 Å². The molecule has 0 bridgehead atoms. The maximum atomic E-state index is 13.1. The molecule has 1 aromatic carbocycles. The Kier molecular flexibility index (Phi) is 9.58. The van der Waals surface area contributed by atoms with E-state index in [9.17, 15) is 14.4 Å². The summed E-state index contributed by atoms with van der Waals surface area (Å²) in [6.45, 7) is 4.44. The van der Waals surface area contributed by atoms with Gasteiger partial charge in [0, 0.05) is 33.0 Å². The number of amides is 3. The Bertz CT molecular complexity index is 802. The van der Waals surface area contributed by atoms with Gasteiger partial charge in [0.1, 0.15) is 12.4 Å². The van der Waals surface area contributed by atoms with Crippen molar-refractivity contribution in [2.45, 2.75) is 71.1 Å². The van der Waals surface area contributed by atoms with Crippen LogP contribution in [0.4, 0.5) is 0 Å². The summed E-state index contributed by atoms with van der Waals surface area (Å²) < 4.78 is 5.92. The molecule has 0 saturated carbocycles. The van der Waals surface area contributed by atoms with Crippen molar-refractivity contribution < 1.29 is 19.1 Å². The largest absolute Gasteiger partial charge is 0.491 e. The molecule has 3 amide bonds. The smallest absolute Gasteiger partial charge is 0.226 e. The average molecular weight is 458 g/mol. The maximum Gasteiger partial charge on any atom is 0.226 e. The minimum atomic E-state index is -0.381. The van der Waals surface area contributed by atoms with Crippen molar-refractivity contribution in [1.29, 1.82) is 0 Å². The number of piperidine rings is 1. The first kappa shape index (κ1) is 25.1. The van der Waals surface area contributed by atoms with Crippen molar-refractivity contribution in [3.05, 3.63) is 29.8 Å².